The van der Waals surface area contributed by atoms with Gasteiger partial charge in [-0.25, -0.2) is 4.98 Å². The number of nitrogens with one attached hydrogen (secondary N) is 1. The molecule has 0 fully saturated rings. The van der Waals surface area contributed by atoms with Crippen molar-refractivity contribution in [2.75, 3.05) is 0 Å². The van der Waals surface area contributed by atoms with Crippen LogP contribution in [-0.2, 0) is 6.54 Å². The van der Waals surface area contributed by atoms with Crippen molar-refractivity contribution in [3.63, 3.8) is 0 Å². The highest BCUT2D eigenvalue weighted by atomic mass is 16.2. The Bertz CT molecular complexity index is 990. The Morgan fingerprint density at radius 1 is 1.23 bits per heavy atom. The topological polar surface area (TPSA) is 64.0 Å². The minimum Gasteiger partial charge on any atom is -0.349 e. The van der Waals surface area contributed by atoms with E-state index in [2.05, 4.69) is 10.3 Å². The fourth-order valence-corrected chi connectivity index (χ4v) is 2.80. The number of carbonyl (C=O) groups excluding carboxylic acids is 1. The molecule has 2 aromatic heterocycles. The van der Waals surface area contributed by atoms with Crippen molar-refractivity contribution in [1.29, 1.82) is 0 Å². The van der Waals surface area contributed by atoms with Crippen LogP contribution in [0.25, 0.3) is 11.0 Å². The second-order valence-corrected chi connectivity index (χ2v) is 6.63. The van der Waals surface area contributed by atoms with Crippen molar-refractivity contribution in [3.05, 3.63) is 75.7 Å². The molecule has 0 radical (unpaired) electrons. The van der Waals surface area contributed by atoms with Gasteiger partial charge in [-0.3, -0.25) is 14.2 Å². The number of amides is 1. The third-order valence-electron chi connectivity index (χ3n) is 4.54. The Morgan fingerprint density at radius 2 is 1.96 bits per heavy atom. The molecule has 0 aliphatic carbocycles. The predicted molar refractivity (Wildman–Crippen MR) is 104 cm³/mol. The SMILES string of the molecule is CC[C@H](C)NC(=O)c1cc2cccnc2n(Cc2ccc(C)cc2)c1=O. The molecule has 3 aromatic rings. The Balaban J connectivity index is 2.11. The number of aryl methyl sites for hydroxylation is 1. The van der Waals surface area contributed by atoms with E-state index < -0.39 is 0 Å². The third-order valence-corrected chi connectivity index (χ3v) is 4.54. The van der Waals surface area contributed by atoms with Crippen LogP contribution in [0, 0.1) is 6.92 Å². The number of carbonyl (C=O) groups is 1. The Morgan fingerprint density at radius 3 is 2.65 bits per heavy atom. The Kier molecular flexibility index (Phi) is 5.16. The van der Waals surface area contributed by atoms with Gasteiger partial charge >= 0.3 is 0 Å². The minimum absolute atomic E-state index is 0.0112. The summed E-state index contributed by atoms with van der Waals surface area (Å²) in [6.07, 6.45) is 2.46. The van der Waals surface area contributed by atoms with Crippen molar-refractivity contribution in [2.45, 2.75) is 39.8 Å². The highest BCUT2D eigenvalue weighted by Gasteiger charge is 2.17. The number of aromatic nitrogens is 2. The van der Waals surface area contributed by atoms with E-state index in [1.54, 1.807) is 22.9 Å². The average molecular weight is 349 g/mol. The Hall–Kier alpha value is -2.95. The summed E-state index contributed by atoms with van der Waals surface area (Å²) in [6, 6.07) is 13.3. The van der Waals surface area contributed by atoms with Gasteiger partial charge in [0.2, 0.25) is 0 Å². The average Bonchev–Trinajstić information content (AvgIpc) is 2.65. The minimum atomic E-state index is -0.340. The predicted octanol–water partition coefficient (Wildman–Crippen LogP) is 3.28. The maximum absolute atomic E-state index is 13.0. The first-order chi connectivity index (χ1) is 12.5. The molecule has 0 aliphatic rings. The summed E-state index contributed by atoms with van der Waals surface area (Å²) in [5.74, 6) is -0.340. The smallest absolute Gasteiger partial charge is 0.265 e. The molecule has 1 N–H and O–H groups in total. The highest BCUT2D eigenvalue weighted by Crippen LogP contribution is 2.13. The molecule has 0 aliphatic heterocycles. The molecule has 1 amide bonds. The van der Waals surface area contributed by atoms with E-state index in [-0.39, 0.29) is 23.1 Å². The van der Waals surface area contributed by atoms with Gasteiger partial charge < -0.3 is 5.32 Å². The first-order valence-corrected chi connectivity index (χ1v) is 8.84. The molecule has 1 aromatic carbocycles. The summed E-state index contributed by atoms with van der Waals surface area (Å²) in [7, 11) is 0. The van der Waals surface area contributed by atoms with Gasteiger partial charge in [-0.15, -0.1) is 0 Å². The first kappa shape index (κ1) is 17.9. The summed E-state index contributed by atoms with van der Waals surface area (Å²) in [5.41, 5.74) is 2.56. The molecule has 0 unspecified atom stereocenters. The van der Waals surface area contributed by atoms with Crippen LogP contribution in [0.4, 0.5) is 0 Å². The number of hydrogen-bond donors (Lipinski definition) is 1. The number of nitrogens with zero attached hydrogens (tertiary/aromatic N) is 2. The lowest BCUT2D eigenvalue weighted by Crippen LogP contribution is -2.37. The van der Waals surface area contributed by atoms with Crippen LogP contribution in [0.3, 0.4) is 0 Å². The molecule has 0 bridgehead atoms. The summed E-state index contributed by atoms with van der Waals surface area (Å²) in [5, 5.41) is 3.65. The van der Waals surface area contributed by atoms with Gasteiger partial charge in [0.1, 0.15) is 11.2 Å². The van der Waals surface area contributed by atoms with Crippen LogP contribution in [-0.4, -0.2) is 21.5 Å². The van der Waals surface area contributed by atoms with Crippen LogP contribution in [0.15, 0.2) is 53.5 Å². The van der Waals surface area contributed by atoms with Gasteiger partial charge in [0, 0.05) is 17.6 Å². The van der Waals surface area contributed by atoms with E-state index in [1.165, 1.54) is 0 Å². The number of hydrogen-bond acceptors (Lipinski definition) is 3. The zero-order valence-electron chi connectivity index (χ0n) is 15.3. The lowest BCUT2D eigenvalue weighted by Gasteiger charge is -2.14. The van der Waals surface area contributed by atoms with Gasteiger partial charge in [0.15, 0.2) is 0 Å². The zero-order chi connectivity index (χ0) is 18.7. The number of pyridine rings is 2. The van der Waals surface area contributed by atoms with E-state index in [1.807, 2.05) is 51.1 Å². The molecule has 26 heavy (non-hydrogen) atoms. The molecule has 0 spiro atoms. The molecule has 1 atom stereocenters. The normalized spacial score (nSPS) is 12.1. The summed E-state index contributed by atoms with van der Waals surface area (Å²) in [4.78, 5) is 30.0. The molecule has 0 saturated heterocycles. The molecule has 3 rings (SSSR count). The first-order valence-electron chi connectivity index (χ1n) is 8.84. The van der Waals surface area contributed by atoms with E-state index in [0.717, 1.165) is 22.9 Å². The van der Waals surface area contributed by atoms with Crippen molar-refractivity contribution in [2.24, 2.45) is 0 Å². The summed E-state index contributed by atoms with van der Waals surface area (Å²) >= 11 is 0. The quantitative estimate of drug-likeness (QED) is 0.769. The van der Waals surface area contributed by atoms with Gasteiger partial charge in [-0.05, 0) is 44.0 Å². The lowest BCUT2D eigenvalue weighted by atomic mass is 10.1. The van der Waals surface area contributed by atoms with E-state index in [9.17, 15) is 9.59 Å². The third kappa shape index (κ3) is 3.67. The van der Waals surface area contributed by atoms with Gasteiger partial charge in [-0.2, -0.15) is 0 Å². The number of fused-ring (bicyclic) bond motifs is 1. The highest BCUT2D eigenvalue weighted by molar-refractivity contribution is 5.97. The molecular weight excluding hydrogens is 326 g/mol. The second kappa shape index (κ2) is 7.52. The van der Waals surface area contributed by atoms with E-state index >= 15 is 0 Å². The lowest BCUT2D eigenvalue weighted by molar-refractivity contribution is 0.0937. The zero-order valence-corrected chi connectivity index (χ0v) is 15.3. The van der Waals surface area contributed by atoms with Gasteiger partial charge in [0.25, 0.3) is 11.5 Å². The number of benzene rings is 1. The van der Waals surface area contributed by atoms with Gasteiger partial charge in [-0.1, -0.05) is 36.8 Å². The second-order valence-electron chi connectivity index (χ2n) is 6.63. The molecule has 5 nitrogen and oxygen atoms in total. The molecular formula is C21H23N3O2. The van der Waals surface area contributed by atoms with Crippen LogP contribution in [0.2, 0.25) is 0 Å². The standard InChI is InChI=1S/C21H23N3O2/c1-4-15(3)23-20(25)18-12-17-6-5-11-22-19(17)24(21(18)26)13-16-9-7-14(2)8-10-16/h5-12,15H,4,13H2,1-3H3,(H,23,25)/t15-/m0/s1. The maximum Gasteiger partial charge on any atom is 0.265 e. The van der Waals surface area contributed by atoms with Crippen LogP contribution in [0.1, 0.15) is 41.8 Å². The monoisotopic (exact) mass is 349 g/mol. The van der Waals surface area contributed by atoms with Crippen LogP contribution >= 0.6 is 0 Å². The van der Waals surface area contributed by atoms with Crippen LogP contribution in [0.5, 0.6) is 0 Å². The fourth-order valence-electron chi connectivity index (χ4n) is 2.80. The summed E-state index contributed by atoms with van der Waals surface area (Å²) < 4.78 is 1.57. The number of rotatable bonds is 5. The molecule has 2 heterocycles. The molecule has 134 valence electrons. The van der Waals surface area contributed by atoms with Crippen LogP contribution < -0.4 is 10.9 Å². The molecule has 5 heteroatoms. The largest absolute Gasteiger partial charge is 0.349 e. The summed E-state index contributed by atoms with van der Waals surface area (Å²) in [6.45, 7) is 6.31. The van der Waals surface area contributed by atoms with Gasteiger partial charge in [0.05, 0.1) is 6.54 Å². The fraction of sp³-hybridized carbons (Fsp3) is 0.286. The van der Waals surface area contributed by atoms with Crippen molar-refractivity contribution < 1.29 is 4.79 Å². The maximum atomic E-state index is 13.0. The van der Waals surface area contributed by atoms with Crippen molar-refractivity contribution in [1.82, 2.24) is 14.9 Å². The van der Waals surface area contributed by atoms with E-state index in [0.29, 0.717) is 12.2 Å². The Labute approximate surface area is 152 Å². The van der Waals surface area contributed by atoms with E-state index in [4.69, 9.17) is 0 Å². The molecule has 0 saturated carbocycles. The van der Waals surface area contributed by atoms with Crippen molar-refractivity contribution >= 4 is 16.9 Å². The van der Waals surface area contributed by atoms with Crippen molar-refractivity contribution in [3.8, 4) is 0 Å².